The zero-order valence-electron chi connectivity index (χ0n) is 16.9. The molecule has 154 valence electrons. The minimum atomic E-state index is -0.205. The molecule has 7 heteroatoms. The second-order valence-corrected chi connectivity index (χ2v) is 7.92. The lowest BCUT2D eigenvalue weighted by atomic mass is 10.1. The predicted octanol–water partition coefficient (Wildman–Crippen LogP) is 4.76. The third-order valence-electron chi connectivity index (χ3n) is 4.78. The summed E-state index contributed by atoms with van der Waals surface area (Å²) in [7, 11) is 1.63. The van der Waals surface area contributed by atoms with Crippen molar-refractivity contribution in [2.75, 3.05) is 19.5 Å². The SMILES string of the molecule is CCCOc1ccc(CNC(=O)c2sc3nc4ccc(OC)cc4cc3c2N)cc1. The van der Waals surface area contributed by atoms with Gasteiger partial charge in [-0.15, -0.1) is 11.3 Å². The zero-order valence-corrected chi connectivity index (χ0v) is 17.7. The van der Waals surface area contributed by atoms with E-state index in [1.54, 1.807) is 7.11 Å². The number of nitrogen functional groups attached to an aromatic ring is 1. The van der Waals surface area contributed by atoms with Gasteiger partial charge < -0.3 is 20.5 Å². The number of carbonyl (C=O) groups is 1. The smallest absolute Gasteiger partial charge is 0.263 e. The monoisotopic (exact) mass is 421 g/mol. The number of aromatic nitrogens is 1. The Labute approximate surface area is 178 Å². The lowest BCUT2D eigenvalue weighted by molar-refractivity contribution is 0.0956. The standard InChI is InChI=1S/C23H23N3O3S/c1-3-10-29-16-6-4-14(5-7-16)13-25-22(27)21-20(24)18-12-15-11-17(28-2)8-9-19(15)26-23(18)30-21/h4-9,11-12H,3,10,13,24H2,1-2H3,(H,25,27). The summed E-state index contributed by atoms with van der Waals surface area (Å²) >= 11 is 1.30. The quantitative estimate of drug-likeness (QED) is 0.449. The van der Waals surface area contributed by atoms with E-state index in [9.17, 15) is 4.79 Å². The van der Waals surface area contributed by atoms with Gasteiger partial charge in [0.1, 0.15) is 21.2 Å². The van der Waals surface area contributed by atoms with Gasteiger partial charge in [0, 0.05) is 17.3 Å². The predicted molar refractivity (Wildman–Crippen MR) is 121 cm³/mol. The van der Waals surface area contributed by atoms with Gasteiger partial charge >= 0.3 is 0 Å². The van der Waals surface area contributed by atoms with Crippen LogP contribution in [0.15, 0.2) is 48.5 Å². The van der Waals surface area contributed by atoms with Gasteiger partial charge in [-0.05, 0) is 48.4 Å². The number of fused-ring (bicyclic) bond motifs is 2. The summed E-state index contributed by atoms with van der Waals surface area (Å²) in [5.41, 5.74) is 8.57. The number of hydrogen-bond acceptors (Lipinski definition) is 6. The van der Waals surface area contributed by atoms with Crippen molar-refractivity contribution in [2.45, 2.75) is 19.9 Å². The molecule has 0 fully saturated rings. The summed E-state index contributed by atoms with van der Waals surface area (Å²) in [5, 5.41) is 4.64. The molecule has 2 aromatic carbocycles. The van der Waals surface area contributed by atoms with Crippen LogP contribution in [0.1, 0.15) is 28.6 Å². The Hall–Kier alpha value is -3.32. The second kappa shape index (κ2) is 8.59. The fraction of sp³-hybridized carbons (Fsp3) is 0.217. The number of nitrogens with two attached hydrogens (primary N) is 1. The fourth-order valence-electron chi connectivity index (χ4n) is 3.16. The highest BCUT2D eigenvalue weighted by Crippen LogP contribution is 2.35. The van der Waals surface area contributed by atoms with Crippen molar-refractivity contribution in [3.05, 3.63) is 59.0 Å². The highest BCUT2D eigenvalue weighted by atomic mass is 32.1. The maximum atomic E-state index is 12.8. The highest BCUT2D eigenvalue weighted by molar-refractivity contribution is 7.21. The molecular formula is C23H23N3O3S. The molecule has 0 unspecified atom stereocenters. The van der Waals surface area contributed by atoms with E-state index in [1.807, 2.05) is 48.5 Å². The lowest BCUT2D eigenvalue weighted by Gasteiger charge is -2.07. The van der Waals surface area contributed by atoms with Gasteiger partial charge in [-0.25, -0.2) is 4.98 Å². The summed E-state index contributed by atoms with van der Waals surface area (Å²) in [6.07, 6.45) is 0.965. The number of carbonyl (C=O) groups excluding carboxylic acids is 1. The lowest BCUT2D eigenvalue weighted by Crippen LogP contribution is -2.22. The van der Waals surface area contributed by atoms with Crippen molar-refractivity contribution in [2.24, 2.45) is 0 Å². The van der Waals surface area contributed by atoms with E-state index < -0.39 is 0 Å². The minimum absolute atomic E-state index is 0.205. The number of ether oxygens (including phenoxy) is 2. The first kappa shape index (κ1) is 20.0. The normalized spacial score (nSPS) is 11.0. The van der Waals surface area contributed by atoms with Crippen LogP contribution in [0.5, 0.6) is 11.5 Å². The number of methoxy groups -OCH3 is 1. The van der Waals surface area contributed by atoms with Gasteiger partial charge in [0.2, 0.25) is 0 Å². The van der Waals surface area contributed by atoms with Gasteiger partial charge in [0.15, 0.2) is 0 Å². The second-order valence-electron chi connectivity index (χ2n) is 6.92. The molecular weight excluding hydrogens is 398 g/mol. The third-order valence-corrected chi connectivity index (χ3v) is 5.89. The first-order chi connectivity index (χ1) is 14.6. The van der Waals surface area contributed by atoms with Crippen molar-refractivity contribution in [3.63, 3.8) is 0 Å². The first-order valence-corrected chi connectivity index (χ1v) is 10.6. The van der Waals surface area contributed by atoms with Gasteiger partial charge in [-0.3, -0.25) is 4.79 Å². The van der Waals surface area contributed by atoms with E-state index in [2.05, 4.69) is 17.2 Å². The van der Waals surface area contributed by atoms with Crippen molar-refractivity contribution < 1.29 is 14.3 Å². The van der Waals surface area contributed by atoms with Crippen LogP contribution in [0.25, 0.3) is 21.1 Å². The van der Waals surface area contributed by atoms with E-state index in [-0.39, 0.29) is 5.91 Å². The minimum Gasteiger partial charge on any atom is -0.497 e. The Morgan fingerprint density at radius 2 is 1.90 bits per heavy atom. The van der Waals surface area contributed by atoms with Crippen LogP contribution in [0.2, 0.25) is 0 Å². The molecule has 0 atom stereocenters. The average Bonchev–Trinajstić information content (AvgIpc) is 3.10. The van der Waals surface area contributed by atoms with E-state index in [0.717, 1.165) is 44.6 Å². The number of nitrogens with one attached hydrogen (secondary N) is 1. The van der Waals surface area contributed by atoms with E-state index in [4.69, 9.17) is 15.2 Å². The Bertz CT molecular complexity index is 1200. The van der Waals surface area contributed by atoms with Crippen LogP contribution >= 0.6 is 11.3 Å². The molecule has 6 nitrogen and oxygen atoms in total. The van der Waals surface area contributed by atoms with Gasteiger partial charge in [0.05, 0.1) is 24.9 Å². The summed E-state index contributed by atoms with van der Waals surface area (Å²) in [6.45, 7) is 3.17. The molecule has 0 radical (unpaired) electrons. The molecule has 1 amide bonds. The van der Waals surface area contributed by atoms with Gasteiger partial charge in [0.25, 0.3) is 5.91 Å². The number of pyridine rings is 1. The average molecular weight is 422 g/mol. The number of amides is 1. The molecule has 0 aliphatic carbocycles. The number of rotatable bonds is 7. The molecule has 0 saturated heterocycles. The first-order valence-electron chi connectivity index (χ1n) is 9.75. The van der Waals surface area contributed by atoms with Crippen LogP contribution in [0.3, 0.4) is 0 Å². The van der Waals surface area contributed by atoms with Crippen molar-refractivity contribution in [1.29, 1.82) is 0 Å². The maximum Gasteiger partial charge on any atom is 0.263 e. The molecule has 4 rings (SSSR count). The summed E-state index contributed by atoms with van der Waals surface area (Å²) in [4.78, 5) is 18.6. The van der Waals surface area contributed by atoms with Crippen LogP contribution in [-0.2, 0) is 6.54 Å². The number of benzene rings is 2. The molecule has 2 heterocycles. The molecule has 0 aliphatic rings. The Kier molecular flexibility index (Phi) is 5.72. The Morgan fingerprint density at radius 1 is 1.13 bits per heavy atom. The van der Waals surface area contributed by atoms with Crippen LogP contribution in [0.4, 0.5) is 5.69 Å². The number of thiophene rings is 1. The van der Waals surface area contributed by atoms with Crippen molar-refractivity contribution >= 4 is 44.1 Å². The molecule has 2 aromatic heterocycles. The van der Waals surface area contributed by atoms with Gasteiger partial charge in [-0.2, -0.15) is 0 Å². The number of hydrogen-bond donors (Lipinski definition) is 2. The van der Waals surface area contributed by atoms with Crippen molar-refractivity contribution in [1.82, 2.24) is 10.3 Å². The largest absolute Gasteiger partial charge is 0.497 e. The maximum absolute atomic E-state index is 12.8. The molecule has 4 aromatic rings. The van der Waals surface area contributed by atoms with E-state index >= 15 is 0 Å². The summed E-state index contributed by atoms with van der Waals surface area (Å²) < 4.78 is 10.9. The van der Waals surface area contributed by atoms with E-state index in [1.165, 1.54) is 11.3 Å². The molecule has 0 aliphatic heterocycles. The fourth-order valence-corrected chi connectivity index (χ4v) is 4.16. The van der Waals surface area contributed by atoms with Crippen LogP contribution < -0.4 is 20.5 Å². The molecule has 0 saturated carbocycles. The Balaban J connectivity index is 1.52. The number of nitrogens with zero attached hydrogens (tertiary/aromatic N) is 1. The molecule has 30 heavy (non-hydrogen) atoms. The summed E-state index contributed by atoms with van der Waals surface area (Å²) in [6, 6.07) is 15.3. The van der Waals surface area contributed by atoms with Gasteiger partial charge in [-0.1, -0.05) is 19.1 Å². The Morgan fingerprint density at radius 3 is 2.63 bits per heavy atom. The molecule has 3 N–H and O–H groups in total. The molecule has 0 spiro atoms. The zero-order chi connectivity index (χ0) is 21.1. The van der Waals surface area contributed by atoms with E-state index in [0.29, 0.717) is 23.7 Å². The van der Waals surface area contributed by atoms with Crippen molar-refractivity contribution in [3.8, 4) is 11.5 Å². The van der Waals surface area contributed by atoms with Crippen LogP contribution in [0, 0.1) is 0 Å². The topological polar surface area (TPSA) is 86.5 Å². The molecule has 0 bridgehead atoms. The summed E-state index contributed by atoms with van der Waals surface area (Å²) in [5.74, 6) is 1.38. The third kappa shape index (κ3) is 4.02. The number of anilines is 1. The van der Waals surface area contributed by atoms with Crippen LogP contribution in [-0.4, -0.2) is 24.6 Å². The highest BCUT2D eigenvalue weighted by Gasteiger charge is 2.18.